The summed E-state index contributed by atoms with van der Waals surface area (Å²) in [6.45, 7) is 14.4. The van der Waals surface area contributed by atoms with Gasteiger partial charge in [-0.3, -0.25) is 4.90 Å². The lowest BCUT2D eigenvalue weighted by Gasteiger charge is -2.32. The van der Waals surface area contributed by atoms with E-state index in [-0.39, 0.29) is 0 Å². The fraction of sp³-hybridized carbons (Fsp3) is 0.875. The maximum Gasteiger partial charge on any atom is 0.141 e. The number of hydrogen-bond donors (Lipinski definition) is 1. The van der Waals surface area contributed by atoms with Crippen LogP contribution >= 0.6 is 0 Å². The van der Waals surface area contributed by atoms with E-state index in [0.29, 0.717) is 6.04 Å². The van der Waals surface area contributed by atoms with Crippen molar-refractivity contribution in [3.8, 4) is 0 Å². The highest BCUT2D eigenvalue weighted by Gasteiger charge is 2.20. The van der Waals surface area contributed by atoms with Crippen LogP contribution in [0.25, 0.3) is 0 Å². The predicted molar refractivity (Wildman–Crippen MR) is 86.1 cm³/mol. The first-order chi connectivity index (χ1) is 10.1. The summed E-state index contributed by atoms with van der Waals surface area (Å²) >= 11 is 0. The molecular formula is C16H31N5. The van der Waals surface area contributed by atoms with Gasteiger partial charge in [-0.15, -0.1) is 0 Å². The van der Waals surface area contributed by atoms with Crippen LogP contribution in [0.1, 0.15) is 52.4 Å². The van der Waals surface area contributed by atoms with E-state index in [0.717, 1.165) is 30.7 Å². The van der Waals surface area contributed by atoms with E-state index in [1.165, 1.54) is 32.5 Å². The Bertz CT molecular complexity index is 405. The quantitative estimate of drug-likeness (QED) is 0.838. The molecule has 0 radical (unpaired) electrons. The van der Waals surface area contributed by atoms with Crippen molar-refractivity contribution in [1.82, 2.24) is 25.0 Å². The lowest BCUT2D eigenvalue weighted by atomic mass is 9.96. The zero-order valence-corrected chi connectivity index (χ0v) is 14.0. The highest BCUT2D eigenvalue weighted by Crippen LogP contribution is 2.18. The van der Waals surface area contributed by atoms with Gasteiger partial charge in [0.2, 0.25) is 0 Å². The highest BCUT2D eigenvalue weighted by atomic mass is 15.4. The van der Waals surface area contributed by atoms with Crippen molar-refractivity contribution in [2.45, 2.75) is 53.1 Å². The fourth-order valence-electron chi connectivity index (χ4n) is 2.94. The van der Waals surface area contributed by atoms with E-state index in [4.69, 9.17) is 0 Å². The van der Waals surface area contributed by atoms with Crippen LogP contribution in [0.15, 0.2) is 6.33 Å². The second-order valence-electron chi connectivity index (χ2n) is 6.99. The maximum absolute atomic E-state index is 4.42. The van der Waals surface area contributed by atoms with Gasteiger partial charge in [0, 0.05) is 6.04 Å². The first-order valence-electron chi connectivity index (χ1n) is 8.37. The molecule has 2 heterocycles. The number of rotatable bonds is 7. The van der Waals surface area contributed by atoms with E-state index in [1.54, 1.807) is 6.33 Å². The third-order valence-corrected chi connectivity index (χ3v) is 4.19. The number of likely N-dealkylation sites (tertiary alicyclic amines) is 1. The smallest absolute Gasteiger partial charge is 0.141 e. The van der Waals surface area contributed by atoms with Crippen LogP contribution in [0.4, 0.5) is 0 Å². The number of nitrogens with zero attached hydrogens (tertiary/aromatic N) is 4. The molecule has 0 spiro atoms. The molecule has 1 aromatic heterocycles. The van der Waals surface area contributed by atoms with Gasteiger partial charge in [-0.25, -0.2) is 9.67 Å². The average molecular weight is 293 g/mol. The Morgan fingerprint density at radius 2 is 1.95 bits per heavy atom. The molecule has 0 atom stereocenters. The third-order valence-electron chi connectivity index (χ3n) is 4.19. The van der Waals surface area contributed by atoms with Crippen LogP contribution < -0.4 is 5.32 Å². The molecular weight excluding hydrogens is 262 g/mol. The molecule has 0 unspecified atom stereocenters. The summed E-state index contributed by atoms with van der Waals surface area (Å²) in [4.78, 5) is 6.93. The molecule has 21 heavy (non-hydrogen) atoms. The zero-order valence-electron chi connectivity index (χ0n) is 14.0. The topological polar surface area (TPSA) is 46.0 Å². The summed E-state index contributed by atoms with van der Waals surface area (Å²) in [5.74, 6) is 2.68. The van der Waals surface area contributed by atoms with Crippen molar-refractivity contribution >= 4 is 0 Å². The third kappa shape index (κ3) is 5.08. The van der Waals surface area contributed by atoms with Gasteiger partial charge >= 0.3 is 0 Å². The zero-order chi connectivity index (χ0) is 15.2. The molecule has 5 heteroatoms. The molecule has 2 rings (SSSR count). The summed E-state index contributed by atoms with van der Waals surface area (Å²) in [6.07, 6.45) is 4.26. The van der Waals surface area contributed by atoms with Crippen molar-refractivity contribution in [3.63, 3.8) is 0 Å². The summed E-state index contributed by atoms with van der Waals surface area (Å²) < 4.78 is 2.04. The summed E-state index contributed by atoms with van der Waals surface area (Å²) in [5, 5.41) is 7.92. The first-order valence-corrected chi connectivity index (χ1v) is 8.37. The van der Waals surface area contributed by atoms with Crippen LogP contribution in [0.2, 0.25) is 0 Å². The average Bonchev–Trinajstić information content (AvgIpc) is 2.89. The van der Waals surface area contributed by atoms with Crippen LogP contribution in [0.5, 0.6) is 0 Å². The molecule has 1 saturated heterocycles. The van der Waals surface area contributed by atoms with Gasteiger partial charge in [0.05, 0.1) is 6.54 Å². The van der Waals surface area contributed by atoms with E-state index < -0.39 is 0 Å². The van der Waals surface area contributed by atoms with Gasteiger partial charge in [0.1, 0.15) is 12.2 Å². The van der Waals surface area contributed by atoms with Crippen molar-refractivity contribution in [2.24, 2.45) is 11.8 Å². The van der Waals surface area contributed by atoms with Crippen molar-refractivity contribution in [3.05, 3.63) is 12.2 Å². The van der Waals surface area contributed by atoms with E-state index in [1.807, 2.05) is 4.68 Å². The summed E-state index contributed by atoms with van der Waals surface area (Å²) in [5.41, 5.74) is 0. The molecule has 0 saturated carbocycles. The van der Waals surface area contributed by atoms with Gasteiger partial charge in [-0.1, -0.05) is 13.8 Å². The van der Waals surface area contributed by atoms with Crippen LogP contribution in [0, 0.1) is 11.8 Å². The second-order valence-corrected chi connectivity index (χ2v) is 6.99. The standard InChI is InChI=1S/C16H31N5/c1-13(2)9-17-10-15-5-7-20(8-6-15)11-16-18-12-19-21(16)14(3)4/h12-15,17H,5-11H2,1-4H3. The molecule has 5 nitrogen and oxygen atoms in total. The second kappa shape index (κ2) is 7.90. The molecule has 1 N–H and O–H groups in total. The number of piperidine rings is 1. The van der Waals surface area contributed by atoms with E-state index in [2.05, 4.69) is 48.0 Å². The SMILES string of the molecule is CC(C)CNCC1CCN(Cc2ncnn2C(C)C)CC1. The molecule has 1 fully saturated rings. The van der Waals surface area contributed by atoms with Crippen molar-refractivity contribution in [1.29, 1.82) is 0 Å². The monoisotopic (exact) mass is 293 g/mol. The Morgan fingerprint density at radius 1 is 1.24 bits per heavy atom. The van der Waals surface area contributed by atoms with Crippen molar-refractivity contribution in [2.75, 3.05) is 26.2 Å². The predicted octanol–water partition coefficient (Wildman–Crippen LogP) is 2.32. The fourth-order valence-corrected chi connectivity index (χ4v) is 2.94. The largest absolute Gasteiger partial charge is 0.316 e. The minimum atomic E-state index is 0.389. The van der Waals surface area contributed by atoms with Crippen molar-refractivity contribution < 1.29 is 0 Å². The lowest BCUT2D eigenvalue weighted by Crippen LogP contribution is -2.38. The Kier molecular flexibility index (Phi) is 6.18. The van der Waals surface area contributed by atoms with Gasteiger partial charge in [-0.2, -0.15) is 5.10 Å². The molecule has 0 bridgehead atoms. The number of hydrogen-bond acceptors (Lipinski definition) is 4. The maximum atomic E-state index is 4.42. The molecule has 1 aliphatic heterocycles. The van der Waals surface area contributed by atoms with Crippen LogP contribution in [-0.2, 0) is 6.54 Å². The minimum Gasteiger partial charge on any atom is -0.316 e. The Labute approximate surface area is 129 Å². The van der Waals surface area contributed by atoms with E-state index >= 15 is 0 Å². The molecule has 0 amide bonds. The molecule has 0 aliphatic carbocycles. The Morgan fingerprint density at radius 3 is 2.57 bits per heavy atom. The number of aromatic nitrogens is 3. The summed E-state index contributed by atoms with van der Waals surface area (Å²) in [6, 6.07) is 0.389. The molecule has 120 valence electrons. The minimum absolute atomic E-state index is 0.389. The summed E-state index contributed by atoms with van der Waals surface area (Å²) in [7, 11) is 0. The normalized spacial score (nSPS) is 18.0. The van der Waals surface area contributed by atoms with Gasteiger partial charge in [0.15, 0.2) is 0 Å². The lowest BCUT2D eigenvalue weighted by molar-refractivity contribution is 0.168. The molecule has 1 aromatic rings. The Balaban J connectivity index is 1.73. The molecule has 0 aromatic carbocycles. The Hall–Kier alpha value is -0.940. The first kappa shape index (κ1) is 16.4. The van der Waals surface area contributed by atoms with Crippen LogP contribution in [-0.4, -0.2) is 45.8 Å². The van der Waals surface area contributed by atoms with Crippen LogP contribution in [0.3, 0.4) is 0 Å². The van der Waals surface area contributed by atoms with E-state index in [9.17, 15) is 0 Å². The molecule has 1 aliphatic rings. The van der Waals surface area contributed by atoms with Gasteiger partial charge < -0.3 is 5.32 Å². The highest BCUT2D eigenvalue weighted by molar-refractivity contribution is 4.88. The van der Waals surface area contributed by atoms with Gasteiger partial charge in [0.25, 0.3) is 0 Å². The number of nitrogens with one attached hydrogen (secondary N) is 1. The van der Waals surface area contributed by atoms with Gasteiger partial charge in [-0.05, 0) is 64.7 Å².